The Morgan fingerprint density at radius 1 is 1.05 bits per heavy atom. The number of hydrogen-bond donors (Lipinski definition) is 4. The maximum absolute atomic E-state index is 12.1. The lowest BCUT2D eigenvalue weighted by Crippen LogP contribution is -2.52. The van der Waals surface area contributed by atoms with Crippen LogP contribution >= 0.6 is 15.9 Å². The Morgan fingerprint density at radius 3 is 2.55 bits per heavy atom. The van der Waals surface area contributed by atoms with E-state index < -0.39 is 10.0 Å². The monoisotopic (exact) mass is 686 g/mol. The lowest BCUT2D eigenvalue weighted by Gasteiger charge is -2.41. The molecule has 0 saturated carbocycles. The van der Waals surface area contributed by atoms with Gasteiger partial charge in [0.1, 0.15) is 17.3 Å². The average molecular weight is 688 g/mol. The number of piperazine rings is 1. The van der Waals surface area contributed by atoms with Gasteiger partial charge in [0, 0.05) is 75.7 Å². The highest BCUT2D eigenvalue weighted by Gasteiger charge is 2.27. The molecule has 12 nitrogen and oxygen atoms in total. The highest BCUT2D eigenvalue weighted by atomic mass is 79.9. The Labute approximate surface area is 267 Å². The summed E-state index contributed by atoms with van der Waals surface area (Å²) in [7, 11) is -1.84. The Balaban J connectivity index is 1.20. The summed E-state index contributed by atoms with van der Waals surface area (Å²) in [5.74, 6) is 2.22. The van der Waals surface area contributed by atoms with Gasteiger partial charge in [0.15, 0.2) is 0 Å². The van der Waals surface area contributed by atoms with Crippen LogP contribution in [0.3, 0.4) is 0 Å². The number of sulfonamides is 1. The van der Waals surface area contributed by atoms with Crippen molar-refractivity contribution in [2.24, 2.45) is 0 Å². The van der Waals surface area contributed by atoms with Crippen molar-refractivity contribution in [3.63, 3.8) is 0 Å². The number of rotatable bonds is 9. The molecule has 3 aliphatic heterocycles. The number of nitrogens with zero attached hydrogens (tertiary/aromatic N) is 4. The minimum atomic E-state index is -3.51. The van der Waals surface area contributed by atoms with E-state index in [1.807, 2.05) is 0 Å². The second-order valence-corrected chi connectivity index (χ2v) is 14.1. The largest absolute Gasteiger partial charge is 0.494 e. The Kier molecular flexibility index (Phi) is 9.03. The van der Waals surface area contributed by atoms with Crippen molar-refractivity contribution in [3.8, 4) is 11.5 Å². The van der Waals surface area contributed by atoms with Gasteiger partial charge < -0.3 is 30.3 Å². The molecule has 3 aromatic rings. The normalized spacial score (nSPS) is 17.6. The van der Waals surface area contributed by atoms with Crippen molar-refractivity contribution in [3.05, 3.63) is 46.1 Å². The lowest BCUT2D eigenvalue weighted by molar-refractivity contribution is 0.150. The van der Waals surface area contributed by atoms with Crippen molar-refractivity contribution in [2.45, 2.75) is 32.2 Å². The summed E-state index contributed by atoms with van der Waals surface area (Å²) >= 11 is 3.52. The highest BCUT2D eigenvalue weighted by Crippen LogP contribution is 2.39. The number of aryl methyl sites for hydroxylation is 1. The first-order chi connectivity index (χ1) is 21.2. The summed E-state index contributed by atoms with van der Waals surface area (Å²) in [6.07, 6.45) is 5.79. The molecule has 0 spiro atoms. The third-order valence-corrected chi connectivity index (χ3v) is 9.53. The standard InChI is InChI=1S/C30H39BrN8O4S/c1-19-14-25(28(42-2)17-26(19)39-9-4-21(5-10-39)38-11-7-32-8-12-38)35-30-33-18-22(31)29(36-30)34-23-16-27-20(6-13-43-27)15-24(23)37-44(3,40)41/h14-18,21,32,37H,4-13H2,1-3H3,(H2,33,34,35,36). The van der Waals surface area contributed by atoms with Crippen LogP contribution in [0.2, 0.25) is 0 Å². The molecule has 4 N–H and O–H groups in total. The van der Waals surface area contributed by atoms with Gasteiger partial charge in [-0.15, -0.1) is 0 Å². The molecule has 2 aromatic carbocycles. The molecule has 0 unspecified atom stereocenters. The molecule has 0 radical (unpaired) electrons. The molecule has 6 rings (SSSR count). The maximum Gasteiger partial charge on any atom is 0.229 e. The molecule has 4 heterocycles. The number of methoxy groups -OCH3 is 1. The molecule has 2 saturated heterocycles. The van der Waals surface area contributed by atoms with Gasteiger partial charge in [-0.05, 0) is 59.0 Å². The van der Waals surface area contributed by atoms with Gasteiger partial charge in [0.25, 0.3) is 0 Å². The molecular formula is C30H39BrN8O4S. The minimum absolute atomic E-state index is 0.355. The second-order valence-electron chi connectivity index (χ2n) is 11.5. The summed E-state index contributed by atoms with van der Waals surface area (Å²) in [6.45, 7) is 9.12. The minimum Gasteiger partial charge on any atom is -0.494 e. The average Bonchev–Trinajstić information content (AvgIpc) is 3.46. The lowest BCUT2D eigenvalue weighted by atomic mass is 10.0. The fraction of sp³-hybridized carbons (Fsp3) is 0.467. The molecule has 44 heavy (non-hydrogen) atoms. The smallest absolute Gasteiger partial charge is 0.229 e. The van der Waals surface area contributed by atoms with Gasteiger partial charge in [-0.3, -0.25) is 9.62 Å². The number of halogens is 1. The zero-order valence-electron chi connectivity index (χ0n) is 25.2. The zero-order valence-corrected chi connectivity index (χ0v) is 27.6. The van der Waals surface area contributed by atoms with E-state index in [1.54, 1.807) is 25.4 Å². The molecule has 0 atom stereocenters. The van der Waals surface area contributed by atoms with Crippen molar-refractivity contribution >= 4 is 60.5 Å². The van der Waals surface area contributed by atoms with Gasteiger partial charge in [-0.25, -0.2) is 13.4 Å². The van der Waals surface area contributed by atoms with Crippen LogP contribution in [0.5, 0.6) is 11.5 Å². The van der Waals surface area contributed by atoms with E-state index in [0.29, 0.717) is 58.2 Å². The van der Waals surface area contributed by atoms with Crippen LogP contribution < -0.4 is 35.0 Å². The highest BCUT2D eigenvalue weighted by molar-refractivity contribution is 9.10. The van der Waals surface area contributed by atoms with Crippen LogP contribution in [0.25, 0.3) is 0 Å². The first kappa shape index (κ1) is 30.7. The van der Waals surface area contributed by atoms with Crippen LogP contribution in [-0.2, 0) is 16.4 Å². The quantitative estimate of drug-likeness (QED) is 0.258. The first-order valence-corrected chi connectivity index (χ1v) is 17.6. The molecule has 3 aliphatic rings. The van der Waals surface area contributed by atoms with Gasteiger partial charge in [-0.2, -0.15) is 4.98 Å². The van der Waals surface area contributed by atoms with Crippen LogP contribution in [0, 0.1) is 6.92 Å². The van der Waals surface area contributed by atoms with E-state index in [9.17, 15) is 8.42 Å². The number of aromatic nitrogens is 2. The number of piperidine rings is 1. The zero-order chi connectivity index (χ0) is 30.8. The molecule has 0 amide bonds. The topological polar surface area (TPSA) is 133 Å². The number of benzene rings is 2. The summed E-state index contributed by atoms with van der Waals surface area (Å²) in [6, 6.07) is 8.39. The summed E-state index contributed by atoms with van der Waals surface area (Å²) in [5.41, 5.74) is 4.94. The fourth-order valence-electron chi connectivity index (χ4n) is 6.18. The van der Waals surface area contributed by atoms with Gasteiger partial charge in [-0.1, -0.05) is 0 Å². The summed E-state index contributed by atoms with van der Waals surface area (Å²) in [4.78, 5) is 14.3. The van der Waals surface area contributed by atoms with Gasteiger partial charge in [0.05, 0.1) is 41.5 Å². The second kappa shape index (κ2) is 13.0. The SMILES string of the molecule is COc1cc(N2CCC(N3CCNCC3)CC2)c(C)cc1Nc1ncc(Br)c(Nc2cc3c(cc2NS(C)(=O)=O)CCO3)n1. The number of anilines is 6. The van der Waals surface area contributed by atoms with Crippen LogP contribution in [0.4, 0.5) is 34.5 Å². The van der Waals surface area contributed by atoms with Gasteiger partial charge >= 0.3 is 0 Å². The van der Waals surface area contributed by atoms with Crippen molar-refractivity contribution in [1.82, 2.24) is 20.2 Å². The van der Waals surface area contributed by atoms with Crippen LogP contribution in [0.15, 0.2) is 34.9 Å². The van der Waals surface area contributed by atoms with Crippen molar-refractivity contribution in [2.75, 3.05) is 79.5 Å². The molecule has 0 aliphatic carbocycles. The molecule has 0 bridgehead atoms. The fourth-order valence-corrected chi connectivity index (χ4v) is 7.04. The maximum atomic E-state index is 12.1. The molecule has 2 fully saturated rings. The van der Waals surface area contributed by atoms with E-state index in [0.717, 1.165) is 75.2 Å². The van der Waals surface area contributed by atoms with Gasteiger partial charge in [0.2, 0.25) is 16.0 Å². The Hall–Kier alpha value is -3.33. The van der Waals surface area contributed by atoms with Crippen molar-refractivity contribution < 1.29 is 17.9 Å². The third-order valence-electron chi connectivity index (χ3n) is 8.36. The van der Waals surface area contributed by atoms with Crippen LogP contribution in [-0.4, -0.2) is 88.6 Å². The number of nitrogens with one attached hydrogen (secondary N) is 4. The molecule has 236 valence electrons. The first-order valence-electron chi connectivity index (χ1n) is 14.9. The Bertz CT molecular complexity index is 1630. The van der Waals surface area contributed by atoms with E-state index in [-0.39, 0.29) is 0 Å². The third kappa shape index (κ3) is 6.98. The van der Waals surface area contributed by atoms with E-state index >= 15 is 0 Å². The van der Waals surface area contributed by atoms with Crippen LogP contribution in [0.1, 0.15) is 24.0 Å². The van der Waals surface area contributed by atoms with E-state index in [1.165, 1.54) is 5.69 Å². The number of fused-ring (bicyclic) bond motifs is 1. The van der Waals surface area contributed by atoms with E-state index in [4.69, 9.17) is 14.5 Å². The predicted octanol–water partition coefficient (Wildman–Crippen LogP) is 4.22. The number of hydrogen-bond acceptors (Lipinski definition) is 11. The summed E-state index contributed by atoms with van der Waals surface area (Å²) in [5, 5.41) is 10.0. The molecule has 14 heteroatoms. The predicted molar refractivity (Wildman–Crippen MR) is 178 cm³/mol. The number of ether oxygens (including phenoxy) is 2. The Morgan fingerprint density at radius 2 is 1.82 bits per heavy atom. The summed E-state index contributed by atoms with van der Waals surface area (Å²) < 4.78 is 38.9. The van der Waals surface area contributed by atoms with E-state index in [2.05, 4.69) is 70.4 Å². The molecular weight excluding hydrogens is 648 g/mol. The molecule has 1 aromatic heterocycles. The van der Waals surface area contributed by atoms with Crippen molar-refractivity contribution in [1.29, 1.82) is 0 Å².